The molecular weight excluding hydrogens is 528 g/mol. The second-order valence-corrected chi connectivity index (χ2v) is 8.37. The SMILES string of the molecule is COc1ccc(CNC(=O)/C(C#N)=C\c2cc(OC)c(OCc3ccc(C(=O)O)cc3)cc2Br)cc1. The molecule has 0 aliphatic rings. The topological polar surface area (TPSA) is 118 Å². The highest BCUT2D eigenvalue weighted by Crippen LogP contribution is 2.35. The summed E-state index contributed by atoms with van der Waals surface area (Å²) in [7, 11) is 3.06. The lowest BCUT2D eigenvalue weighted by molar-refractivity contribution is -0.117. The third-order valence-corrected chi connectivity index (χ3v) is 5.84. The van der Waals surface area contributed by atoms with Crippen LogP contribution in [0.1, 0.15) is 27.0 Å². The summed E-state index contributed by atoms with van der Waals surface area (Å²) in [5.41, 5.74) is 2.32. The first-order chi connectivity index (χ1) is 17.3. The lowest BCUT2D eigenvalue weighted by atomic mass is 10.1. The Morgan fingerprint density at radius 1 is 1.00 bits per heavy atom. The Hall–Kier alpha value is -4.29. The number of carbonyl (C=O) groups excluding carboxylic acids is 1. The van der Waals surface area contributed by atoms with Crippen LogP contribution in [0.4, 0.5) is 0 Å². The number of amides is 1. The average molecular weight is 551 g/mol. The molecule has 0 radical (unpaired) electrons. The van der Waals surface area contributed by atoms with E-state index in [4.69, 9.17) is 19.3 Å². The molecule has 0 aliphatic carbocycles. The highest BCUT2D eigenvalue weighted by molar-refractivity contribution is 9.10. The van der Waals surface area contributed by atoms with Crippen LogP contribution in [0, 0.1) is 11.3 Å². The maximum absolute atomic E-state index is 12.6. The van der Waals surface area contributed by atoms with Crippen LogP contribution in [0.3, 0.4) is 0 Å². The van der Waals surface area contributed by atoms with Gasteiger partial charge in [-0.3, -0.25) is 4.79 Å². The van der Waals surface area contributed by atoms with Crippen LogP contribution < -0.4 is 19.5 Å². The predicted octanol–water partition coefficient (Wildman–Crippen LogP) is 4.97. The summed E-state index contributed by atoms with van der Waals surface area (Å²) in [6.07, 6.45) is 1.46. The summed E-state index contributed by atoms with van der Waals surface area (Å²) in [4.78, 5) is 23.6. The molecule has 0 saturated heterocycles. The highest BCUT2D eigenvalue weighted by atomic mass is 79.9. The number of methoxy groups -OCH3 is 2. The second-order valence-electron chi connectivity index (χ2n) is 7.52. The number of rotatable bonds is 10. The van der Waals surface area contributed by atoms with E-state index in [1.807, 2.05) is 18.2 Å². The molecule has 8 nitrogen and oxygen atoms in total. The molecule has 2 N–H and O–H groups in total. The number of halogens is 1. The maximum atomic E-state index is 12.6. The van der Waals surface area contributed by atoms with Gasteiger partial charge in [0.05, 0.1) is 19.8 Å². The Morgan fingerprint density at radius 2 is 1.67 bits per heavy atom. The lowest BCUT2D eigenvalue weighted by Gasteiger charge is -2.13. The van der Waals surface area contributed by atoms with E-state index < -0.39 is 11.9 Å². The van der Waals surface area contributed by atoms with Crippen molar-refractivity contribution in [2.24, 2.45) is 0 Å². The zero-order valence-electron chi connectivity index (χ0n) is 19.6. The molecule has 3 aromatic carbocycles. The fourth-order valence-corrected chi connectivity index (χ4v) is 3.60. The van der Waals surface area contributed by atoms with Crippen LogP contribution in [-0.2, 0) is 17.9 Å². The highest BCUT2D eigenvalue weighted by Gasteiger charge is 2.14. The van der Waals surface area contributed by atoms with E-state index in [9.17, 15) is 14.9 Å². The fourth-order valence-electron chi connectivity index (χ4n) is 3.16. The Labute approximate surface area is 216 Å². The van der Waals surface area contributed by atoms with Gasteiger partial charge in [0.1, 0.15) is 24.0 Å². The van der Waals surface area contributed by atoms with Gasteiger partial charge in [-0.25, -0.2) is 4.79 Å². The molecule has 184 valence electrons. The van der Waals surface area contributed by atoms with Gasteiger partial charge < -0.3 is 24.6 Å². The number of ether oxygens (including phenoxy) is 3. The second kappa shape index (κ2) is 12.4. The van der Waals surface area contributed by atoms with Crippen molar-refractivity contribution in [1.82, 2.24) is 5.32 Å². The molecular formula is C27H23BrN2O6. The van der Waals surface area contributed by atoms with Crippen molar-refractivity contribution in [2.45, 2.75) is 13.2 Å². The third kappa shape index (κ3) is 6.87. The van der Waals surface area contributed by atoms with E-state index >= 15 is 0 Å². The van der Waals surface area contributed by atoms with Gasteiger partial charge in [0.2, 0.25) is 0 Å². The standard InChI is InChI=1S/C27H23BrN2O6/c1-34-22-9-5-17(6-10-22)15-30-26(31)21(14-29)11-20-12-24(35-2)25(13-23(20)28)36-16-18-3-7-19(8-4-18)27(32)33/h3-13H,15-16H2,1-2H3,(H,30,31)(H,32,33)/b21-11-. The summed E-state index contributed by atoms with van der Waals surface area (Å²) in [6, 6.07) is 18.9. The zero-order chi connectivity index (χ0) is 26.1. The van der Waals surface area contributed by atoms with Crippen molar-refractivity contribution < 1.29 is 28.9 Å². The van der Waals surface area contributed by atoms with Gasteiger partial charge in [0.15, 0.2) is 11.5 Å². The molecule has 36 heavy (non-hydrogen) atoms. The first-order valence-corrected chi connectivity index (χ1v) is 11.5. The molecule has 3 aromatic rings. The summed E-state index contributed by atoms with van der Waals surface area (Å²) < 4.78 is 17.0. The monoisotopic (exact) mass is 550 g/mol. The van der Waals surface area contributed by atoms with Crippen molar-refractivity contribution in [2.75, 3.05) is 14.2 Å². The Bertz CT molecular complexity index is 1310. The number of hydrogen-bond donors (Lipinski definition) is 2. The van der Waals surface area contributed by atoms with Crippen LogP contribution in [0.15, 0.2) is 70.7 Å². The number of aromatic carboxylic acids is 1. The minimum absolute atomic E-state index is 0.0709. The minimum atomic E-state index is -0.997. The number of hydrogen-bond acceptors (Lipinski definition) is 6. The van der Waals surface area contributed by atoms with Gasteiger partial charge in [-0.2, -0.15) is 5.26 Å². The van der Waals surface area contributed by atoms with Crippen molar-refractivity contribution in [3.8, 4) is 23.3 Å². The normalized spacial score (nSPS) is 10.8. The number of carboxylic acid groups (broad SMARTS) is 1. The number of nitrogens with zero attached hydrogens (tertiary/aromatic N) is 1. The molecule has 0 aromatic heterocycles. The number of benzene rings is 3. The summed E-state index contributed by atoms with van der Waals surface area (Å²) >= 11 is 3.46. The van der Waals surface area contributed by atoms with E-state index in [0.717, 1.165) is 11.1 Å². The molecule has 0 atom stereocenters. The molecule has 9 heteroatoms. The van der Waals surface area contributed by atoms with Gasteiger partial charge in [0.25, 0.3) is 5.91 Å². The van der Waals surface area contributed by atoms with E-state index in [-0.39, 0.29) is 24.3 Å². The van der Waals surface area contributed by atoms with Crippen LogP contribution in [0.25, 0.3) is 6.08 Å². The van der Waals surface area contributed by atoms with Crippen molar-refractivity contribution in [3.05, 3.63) is 93.0 Å². The summed E-state index contributed by atoms with van der Waals surface area (Å²) in [5.74, 6) is 0.0472. The van der Waals surface area contributed by atoms with Gasteiger partial charge in [0, 0.05) is 11.0 Å². The quantitative estimate of drug-likeness (QED) is 0.270. The molecule has 0 heterocycles. The van der Waals surface area contributed by atoms with Crippen LogP contribution in [-0.4, -0.2) is 31.2 Å². The molecule has 0 unspecified atom stereocenters. The van der Waals surface area contributed by atoms with Crippen LogP contribution >= 0.6 is 15.9 Å². The molecule has 0 saturated carbocycles. The van der Waals surface area contributed by atoms with Gasteiger partial charge >= 0.3 is 5.97 Å². The number of carboxylic acids is 1. The Balaban J connectivity index is 1.72. The maximum Gasteiger partial charge on any atom is 0.335 e. The summed E-state index contributed by atoms with van der Waals surface area (Å²) in [5, 5.41) is 21.3. The van der Waals surface area contributed by atoms with Crippen molar-refractivity contribution in [3.63, 3.8) is 0 Å². The largest absolute Gasteiger partial charge is 0.497 e. The van der Waals surface area contributed by atoms with E-state index in [1.54, 1.807) is 43.5 Å². The number of nitrogens with one attached hydrogen (secondary N) is 1. The van der Waals surface area contributed by atoms with Gasteiger partial charge in [-0.05, 0) is 59.2 Å². The van der Waals surface area contributed by atoms with Crippen molar-refractivity contribution >= 4 is 33.9 Å². The van der Waals surface area contributed by atoms with Crippen LogP contribution in [0.2, 0.25) is 0 Å². The molecule has 0 aliphatic heterocycles. The third-order valence-electron chi connectivity index (χ3n) is 5.16. The van der Waals surface area contributed by atoms with E-state index in [2.05, 4.69) is 21.2 Å². The zero-order valence-corrected chi connectivity index (χ0v) is 21.2. The number of nitriles is 1. The molecule has 0 fully saturated rings. The van der Waals surface area contributed by atoms with Crippen LogP contribution in [0.5, 0.6) is 17.2 Å². The minimum Gasteiger partial charge on any atom is -0.497 e. The molecule has 0 spiro atoms. The average Bonchev–Trinajstić information content (AvgIpc) is 2.90. The van der Waals surface area contributed by atoms with Crippen molar-refractivity contribution in [1.29, 1.82) is 5.26 Å². The first-order valence-electron chi connectivity index (χ1n) is 10.7. The lowest BCUT2D eigenvalue weighted by Crippen LogP contribution is -2.23. The Kier molecular flexibility index (Phi) is 9.08. The fraction of sp³-hybridized carbons (Fsp3) is 0.148. The summed E-state index contributed by atoms with van der Waals surface area (Å²) in [6.45, 7) is 0.446. The molecule has 0 bridgehead atoms. The van der Waals surface area contributed by atoms with Gasteiger partial charge in [-0.15, -0.1) is 0 Å². The number of carbonyl (C=O) groups is 2. The predicted molar refractivity (Wildman–Crippen MR) is 137 cm³/mol. The smallest absolute Gasteiger partial charge is 0.335 e. The molecule has 3 rings (SSSR count). The van der Waals surface area contributed by atoms with E-state index in [0.29, 0.717) is 27.3 Å². The van der Waals surface area contributed by atoms with E-state index in [1.165, 1.54) is 25.3 Å². The first kappa shape index (κ1) is 26.3. The molecule has 1 amide bonds. The van der Waals surface area contributed by atoms with Gasteiger partial charge in [-0.1, -0.05) is 40.2 Å². The Morgan fingerprint density at radius 3 is 2.25 bits per heavy atom.